The largest absolute Gasteiger partial charge is 0.493 e. The third kappa shape index (κ3) is 7.46. The van der Waals surface area contributed by atoms with Crippen LogP contribution in [0.1, 0.15) is 29.8 Å². The fourth-order valence-corrected chi connectivity index (χ4v) is 4.84. The number of benzene rings is 2. The van der Waals surface area contributed by atoms with Crippen LogP contribution in [0.2, 0.25) is 0 Å². The molecule has 4 rings (SSSR count). The number of pyridine rings is 1. The van der Waals surface area contributed by atoms with Crippen LogP contribution < -0.4 is 4.72 Å². The van der Waals surface area contributed by atoms with Crippen molar-refractivity contribution in [2.45, 2.75) is 18.7 Å². The molecule has 0 spiro atoms. The van der Waals surface area contributed by atoms with Gasteiger partial charge in [0.05, 0.1) is 27.9 Å². The van der Waals surface area contributed by atoms with E-state index in [1.54, 1.807) is 24.3 Å². The summed E-state index contributed by atoms with van der Waals surface area (Å²) < 4.78 is 47.1. The van der Waals surface area contributed by atoms with E-state index in [9.17, 15) is 27.5 Å². The molecule has 0 amide bonds. The van der Waals surface area contributed by atoms with Gasteiger partial charge < -0.3 is 14.7 Å². The zero-order chi connectivity index (χ0) is 27.7. The Morgan fingerprint density at radius 3 is 2.58 bits per heavy atom. The summed E-state index contributed by atoms with van der Waals surface area (Å²) in [5.74, 6) is -1.81. The summed E-state index contributed by atoms with van der Waals surface area (Å²) in [6.45, 7) is 6.49. The predicted molar refractivity (Wildman–Crippen MR) is 143 cm³/mol. The molecule has 2 aromatic carbocycles. The summed E-state index contributed by atoms with van der Waals surface area (Å²) in [7, 11) is -4.22. The van der Waals surface area contributed by atoms with Crippen LogP contribution in [0.5, 0.6) is 0 Å². The number of hydrogen-bond acceptors (Lipinski definition) is 7. The fourth-order valence-electron chi connectivity index (χ4n) is 3.59. The average molecular weight is 542 g/mol. The van der Waals surface area contributed by atoms with E-state index in [4.69, 9.17) is 0 Å². The van der Waals surface area contributed by atoms with E-state index >= 15 is 0 Å². The van der Waals surface area contributed by atoms with Crippen LogP contribution >= 0.6 is 0 Å². The van der Waals surface area contributed by atoms with Gasteiger partial charge in [0.2, 0.25) is 0 Å². The Labute approximate surface area is 220 Å². The Morgan fingerprint density at radius 1 is 1.21 bits per heavy atom. The first-order valence-electron chi connectivity index (χ1n) is 11.8. The number of carboxylic acids is 1. The molecule has 3 aromatic rings. The zero-order valence-corrected chi connectivity index (χ0v) is 21.7. The summed E-state index contributed by atoms with van der Waals surface area (Å²) >= 11 is 0. The summed E-state index contributed by atoms with van der Waals surface area (Å²) in [5, 5.41) is 10.1. The van der Waals surface area contributed by atoms with E-state index in [-0.39, 0.29) is 34.1 Å². The van der Waals surface area contributed by atoms with Crippen LogP contribution in [0.25, 0.3) is 17.0 Å². The Kier molecular flexibility index (Phi) is 9.69. The van der Waals surface area contributed by atoms with E-state index in [1.165, 1.54) is 30.7 Å². The average Bonchev–Trinajstić information content (AvgIpc) is 3.37. The third-order valence-electron chi connectivity index (χ3n) is 5.61. The number of rotatable bonds is 9. The van der Waals surface area contributed by atoms with Crippen molar-refractivity contribution < 1.29 is 32.2 Å². The lowest BCUT2D eigenvalue weighted by Crippen LogP contribution is -2.22. The second kappa shape index (κ2) is 12.9. The molecule has 0 radical (unpaired) electrons. The number of ether oxygens (including phenoxy) is 1. The van der Waals surface area contributed by atoms with Crippen molar-refractivity contribution in [3.8, 4) is 0 Å². The number of halogens is 1. The summed E-state index contributed by atoms with van der Waals surface area (Å²) in [5.41, 5.74) is 0.273. The molecule has 200 valence electrons. The van der Waals surface area contributed by atoms with Crippen molar-refractivity contribution in [1.29, 1.82) is 0 Å². The fraction of sp³-hybridized carbons (Fsp3) is 0.222. The second-order valence-electron chi connectivity index (χ2n) is 8.15. The van der Waals surface area contributed by atoms with Gasteiger partial charge in [-0.1, -0.05) is 32.1 Å². The second-order valence-corrected chi connectivity index (χ2v) is 9.81. The Bertz CT molecular complexity index is 1480. The number of fused-ring (bicyclic) bond motifs is 1. The van der Waals surface area contributed by atoms with Gasteiger partial charge in [-0.05, 0) is 55.1 Å². The van der Waals surface area contributed by atoms with Gasteiger partial charge in [0, 0.05) is 24.2 Å². The normalized spacial score (nSPS) is 13.0. The van der Waals surface area contributed by atoms with E-state index in [0.29, 0.717) is 17.4 Å². The highest BCUT2D eigenvalue weighted by molar-refractivity contribution is 7.92. The molecule has 0 aliphatic carbocycles. The molecule has 2 N–H and O–H groups in total. The van der Waals surface area contributed by atoms with Crippen molar-refractivity contribution >= 4 is 44.4 Å². The topological polar surface area (TPSA) is 126 Å². The third-order valence-corrected chi connectivity index (χ3v) is 7.05. The number of nitrogens with zero attached hydrogens (tertiary/aromatic N) is 2. The number of anilines is 1. The highest BCUT2D eigenvalue weighted by Gasteiger charge is 2.22. The molecule has 0 unspecified atom stereocenters. The van der Waals surface area contributed by atoms with Crippen LogP contribution in [0.4, 0.5) is 10.1 Å². The monoisotopic (exact) mass is 541 g/mol. The van der Waals surface area contributed by atoms with Gasteiger partial charge in [-0.15, -0.1) is 0 Å². The van der Waals surface area contributed by atoms with E-state index in [2.05, 4.69) is 19.3 Å². The number of sulfonamides is 1. The number of carbonyl (C=O) groups excluding carboxylic acids is 1. The van der Waals surface area contributed by atoms with Crippen molar-refractivity contribution in [3.63, 3.8) is 0 Å². The molecule has 0 fully saturated rings. The quantitative estimate of drug-likeness (QED) is 0.410. The molecule has 0 saturated heterocycles. The van der Waals surface area contributed by atoms with Gasteiger partial charge in [-0.2, -0.15) is 0 Å². The smallest absolute Gasteiger partial charge is 0.337 e. The SMILES string of the molecule is CCN(CC)C/C=C\c1cc(F)ccc1S(=O)(=O)Nc1cc2ncccc2cc1C(=O)O.O=C1C=COC1. The summed E-state index contributed by atoms with van der Waals surface area (Å²) in [6, 6.07) is 9.42. The molecule has 0 atom stereocenters. The minimum absolute atomic E-state index is 0.0509. The Morgan fingerprint density at radius 2 is 1.97 bits per heavy atom. The van der Waals surface area contributed by atoms with Crippen LogP contribution in [-0.4, -0.2) is 61.4 Å². The Hall–Kier alpha value is -4.09. The number of aromatic nitrogens is 1. The highest BCUT2D eigenvalue weighted by Crippen LogP contribution is 2.27. The molecule has 1 aliphatic heterocycles. The van der Waals surface area contributed by atoms with Crippen LogP contribution in [-0.2, 0) is 19.6 Å². The number of carbonyl (C=O) groups is 2. The van der Waals surface area contributed by atoms with Crippen LogP contribution in [0.15, 0.2) is 72.0 Å². The number of aromatic carboxylic acids is 1. The van der Waals surface area contributed by atoms with Gasteiger partial charge in [0.25, 0.3) is 10.0 Å². The van der Waals surface area contributed by atoms with E-state index < -0.39 is 21.8 Å². The molecule has 1 aliphatic rings. The first kappa shape index (κ1) is 28.5. The molecule has 38 heavy (non-hydrogen) atoms. The number of carboxylic acid groups (broad SMARTS) is 1. The molecular formula is C27H28FN3O6S. The lowest BCUT2D eigenvalue weighted by atomic mass is 10.1. The number of nitrogens with one attached hydrogen (secondary N) is 1. The van der Waals surface area contributed by atoms with Crippen molar-refractivity contribution in [1.82, 2.24) is 9.88 Å². The molecule has 0 bridgehead atoms. The van der Waals surface area contributed by atoms with Gasteiger partial charge >= 0.3 is 5.97 Å². The number of hydrogen-bond donors (Lipinski definition) is 2. The van der Waals surface area contributed by atoms with Crippen molar-refractivity contribution in [2.75, 3.05) is 31.0 Å². The predicted octanol–water partition coefficient (Wildman–Crippen LogP) is 4.33. The highest BCUT2D eigenvalue weighted by atomic mass is 32.2. The first-order chi connectivity index (χ1) is 18.1. The van der Waals surface area contributed by atoms with E-state index in [0.717, 1.165) is 31.3 Å². The van der Waals surface area contributed by atoms with Gasteiger partial charge in [0.1, 0.15) is 12.4 Å². The molecule has 2 heterocycles. The minimum Gasteiger partial charge on any atom is -0.493 e. The van der Waals surface area contributed by atoms with Crippen molar-refractivity contribution in [3.05, 3.63) is 84.0 Å². The zero-order valence-electron chi connectivity index (χ0n) is 20.9. The summed E-state index contributed by atoms with van der Waals surface area (Å²) in [4.78, 5) is 27.9. The molecule has 1 aromatic heterocycles. The van der Waals surface area contributed by atoms with Gasteiger partial charge in [-0.25, -0.2) is 17.6 Å². The molecule has 0 saturated carbocycles. The minimum atomic E-state index is -4.22. The Balaban J connectivity index is 0.000000585. The van der Waals surface area contributed by atoms with E-state index in [1.807, 2.05) is 13.8 Å². The lowest BCUT2D eigenvalue weighted by Gasteiger charge is -2.15. The maximum atomic E-state index is 13.9. The number of ketones is 1. The maximum Gasteiger partial charge on any atom is 0.337 e. The van der Waals surface area contributed by atoms with Crippen molar-refractivity contribution in [2.24, 2.45) is 0 Å². The van der Waals surface area contributed by atoms with Crippen LogP contribution in [0.3, 0.4) is 0 Å². The van der Waals surface area contributed by atoms with Gasteiger partial charge in [0.15, 0.2) is 5.78 Å². The van der Waals surface area contributed by atoms with Gasteiger partial charge in [-0.3, -0.25) is 14.5 Å². The molecule has 11 heteroatoms. The first-order valence-corrected chi connectivity index (χ1v) is 13.3. The van der Waals surface area contributed by atoms with Crippen LogP contribution in [0, 0.1) is 5.82 Å². The molecular weight excluding hydrogens is 513 g/mol. The lowest BCUT2D eigenvalue weighted by molar-refractivity contribution is -0.115. The number of likely N-dealkylation sites (N-methyl/N-ethyl adjacent to an activating group) is 1. The maximum absolute atomic E-state index is 13.9. The summed E-state index contributed by atoms with van der Waals surface area (Å²) in [6.07, 6.45) is 7.67. The standard InChI is InChI=1S/C23H24FN3O4S.C4H4O2/c1-3-27(4-2)12-6-8-17-13-18(24)9-10-22(17)32(30,31)26-21-15-20-16(7-5-11-25-20)14-19(21)23(28)29;5-4-1-2-6-3-4/h5-11,13-15,26H,3-4,12H2,1-2H3,(H,28,29);1-2H,3H2/b8-6-;. The molecule has 9 nitrogen and oxygen atoms in total.